The molecule has 0 aliphatic rings. The Bertz CT molecular complexity index is 832. The van der Waals surface area contributed by atoms with Gasteiger partial charge in [-0.3, -0.25) is 4.79 Å². The predicted molar refractivity (Wildman–Crippen MR) is 103 cm³/mol. The van der Waals surface area contributed by atoms with E-state index in [4.69, 9.17) is 0 Å². The normalized spacial score (nSPS) is 11.5. The van der Waals surface area contributed by atoms with Crippen molar-refractivity contribution in [3.8, 4) is 0 Å². The van der Waals surface area contributed by atoms with E-state index < -0.39 is 10.0 Å². The average Bonchev–Trinajstić information content (AvgIpc) is 2.57. The van der Waals surface area contributed by atoms with Crippen LogP contribution in [0.4, 0.5) is 5.69 Å². The molecule has 134 valence electrons. The maximum atomic E-state index is 12.0. The Morgan fingerprint density at radius 3 is 2.32 bits per heavy atom. The number of aryl methyl sites for hydroxylation is 1. The summed E-state index contributed by atoms with van der Waals surface area (Å²) in [5.74, 6) is 1.01. The van der Waals surface area contributed by atoms with Crippen LogP contribution in [0.15, 0.2) is 53.4 Å². The summed E-state index contributed by atoms with van der Waals surface area (Å²) < 4.78 is 25.2. The number of rotatable bonds is 7. The minimum atomic E-state index is -3.45. The van der Waals surface area contributed by atoms with E-state index in [1.54, 1.807) is 23.9 Å². The van der Waals surface area contributed by atoms with E-state index in [0.29, 0.717) is 11.4 Å². The molecular formula is C18H22N2O3S2. The average molecular weight is 379 g/mol. The third kappa shape index (κ3) is 5.32. The smallest absolute Gasteiger partial charge is 0.242 e. The third-order valence-electron chi connectivity index (χ3n) is 3.67. The number of amides is 1. The van der Waals surface area contributed by atoms with Gasteiger partial charge in [0.1, 0.15) is 0 Å². The fourth-order valence-electron chi connectivity index (χ4n) is 2.14. The SMILES string of the molecule is Cc1ccccc1CSCC(=O)Nc1ccc(S(=O)(=O)N(C)C)cc1. The Morgan fingerprint density at radius 1 is 1.08 bits per heavy atom. The number of nitrogens with zero attached hydrogens (tertiary/aromatic N) is 1. The van der Waals surface area contributed by atoms with Gasteiger partial charge in [-0.15, -0.1) is 11.8 Å². The molecule has 5 nitrogen and oxygen atoms in total. The van der Waals surface area contributed by atoms with Crippen molar-refractivity contribution in [2.75, 3.05) is 25.2 Å². The maximum absolute atomic E-state index is 12.0. The zero-order valence-electron chi connectivity index (χ0n) is 14.5. The zero-order chi connectivity index (χ0) is 18.4. The van der Waals surface area contributed by atoms with Gasteiger partial charge < -0.3 is 5.32 Å². The molecular weight excluding hydrogens is 356 g/mol. The van der Waals surface area contributed by atoms with Crippen molar-refractivity contribution in [1.82, 2.24) is 4.31 Å². The highest BCUT2D eigenvalue weighted by Crippen LogP contribution is 2.18. The lowest BCUT2D eigenvalue weighted by Gasteiger charge is -2.12. The van der Waals surface area contributed by atoms with Crippen molar-refractivity contribution in [2.24, 2.45) is 0 Å². The number of nitrogens with one attached hydrogen (secondary N) is 1. The number of thioether (sulfide) groups is 1. The van der Waals surface area contributed by atoms with Gasteiger partial charge in [0.2, 0.25) is 15.9 Å². The van der Waals surface area contributed by atoms with Crippen molar-refractivity contribution in [1.29, 1.82) is 0 Å². The van der Waals surface area contributed by atoms with Crippen molar-refractivity contribution in [3.63, 3.8) is 0 Å². The number of carbonyl (C=O) groups is 1. The highest BCUT2D eigenvalue weighted by Gasteiger charge is 2.16. The molecule has 0 bridgehead atoms. The van der Waals surface area contributed by atoms with Gasteiger partial charge in [-0.05, 0) is 42.3 Å². The molecule has 0 atom stereocenters. The fraction of sp³-hybridized carbons (Fsp3) is 0.278. The molecule has 2 aromatic carbocycles. The maximum Gasteiger partial charge on any atom is 0.242 e. The van der Waals surface area contributed by atoms with Crippen molar-refractivity contribution in [3.05, 3.63) is 59.7 Å². The Balaban J connectivity index is 1.88. The molecule has 7 heteroatoms. The molecule has 0 aliphatic heterocycles. The van der Waals surface area contributed by atoms with Gasteiger partial charge in [-0.2, -0.15) is 0 Å². The van der Waals surface area contributed by atoms with Crippen LogP contribution in [-0.2, 0) is 20.6 Å². The Labute approximate surface area is 153 Å². The number of sulfonamides is 1. The summed E-state index contributed by atoms with van der Waals surface area (Å²) in [5, 5.41) is 2.78. The van der Waals surface area contributed by atoms with Crippen LogP contribution in [0.25, 0.3) is 0 Å². The Kier molecular flexibility index (Phi) is 6.64. The minimum Gasteiger partial charge on any atom is -0.325 e. The quantitative estimate of drug-likeness (QED) is 0.804. The first-order chi connectivity index (χ1) is 11.8. The molecule has 0 saturated heterocycles. The van der Waals surface area contributed by atoms with Crippen molar-refractivity contribution in [2.45, 2.75) is 17.6 Å². The molecule has 1 N–H and O–H groups in total. The van der Waals surface area contributed by atoms with E-state index in [2.05, 4.69) is 24.4 Å². The van der Waals surface area contributed by atoms with E-state index in [1.165, 1.54) is 37.4 Å². The predicted octanol–water partition coefficient (Wildman–Crippen LogP) is 3.12. The van der Waals surface area contributed by atoms with Crippen LogP contribution >= 0.6 is 11.8 Å². The lowest BCUT2D eigenvalue weighted by molar-refractivity contribution is -0.113. The topological polar surface area (TPSA) is 66.5 Å². The standard InChI is InChI=1S/C18H22N2O3S2/c1-14-6-4-5-7-15(14)12-24-13-18(21)19-16-8-10-17(11-9-16)25(22,23)20(2)3/h4-11H,12-13H2,1-3H3,(H,19,21). The molecule has 25 heavy (non-hydrogen) atoms. The molecule has 0 unspecified atom stereocenters. The third-order valence-corrected chi connectivity index (χ3v) is 6.48. The lowest BCUT2D eigenvalue weighted by Crippen LogP contribution is -2.22. The van der Waals surface area contributed by atoms with Crippen LogP contribution in [0.1, 0.15) is 11.1 Å². The molecule has 2 aromatic rings. The molecule has 2 rings (SSSR count). The first-order valence-corrected chi connectivity index (χ1v) is 10.3. The van der Waals surface area contributed by atoms with Crippen LogP contribution in [0.3, 0.4) is 0 Å². The van der Waals surface area contributed by atoms with Crippen LogP contribution in [0.5, 0.6) is 0 Å². The van der Waals surface area contributed by atoms with E-state index >= 15 is 0 Å². The van der Waals surface area contributed by atoms with Gasteiger partial charge in [0.05, 0.1) is 10.6 Å². The van der Waals surface area contributed by atoms with Crippen molar-refractivity contribution >= 4 is 33.4 Å². The minimum absolute atomic E-state index is 0.109. The molecule has 0 heterocycles. The lowest BCUT2D eigenvalue weighted by atomic mass is 10.1. The van der Waals surface area contributed by atoms with E-state index in [0.717, 1.165) is 10.1 Å². The molecule has 0 aliphatic carbocycles. The molecule has 0 radical (unpaired) electrons. The molecule has 0 spiro atoms. The second kappa shape index (κ2) is 8.51. The van der Waals surface area contributed by atoms with E-state index in [-0.39, 0.29) is 10.8 Å². The Hall–Kier alpha value is -1.83. The monoisotopic (exact) mass is 378 g/mol. The number of benzene rings is 2. The summed E-state index contributed by atoms with van der Waals surface area (Å²) in [7, 11) is -0.489. The summed E-state index contributed by atoms with van der Waals surface area (Å²) in [6.45, 7) is 2.05. The molecule has 0 aromatic heterocycles. The van der Waals surface area contributed by atoms with E-state index in [1.807, 2.05) is 12.1 Å². The first-order valence-electron chi connectivity index (χ1n) is 7.75. The van der Waals surface area contributed by atoms with Crippen LogP contribution in [0.2, 0.25) is 0 Å². The number of anilines is 1. The number of carbonyl (C=O) groups excluding carboxylic acids is 1. The summed E-state index contributed by atoms with van der Waals surface area (Å²) in [6, 6.07) is 14.3. The molecule has 0 fully saturated rings. The second-order valence-corrected chi connectivity index (χ2v) is 8.92. The summed E-state index contributed by atoms with van der Waals surface area (Å²) in [5.41, 5.74) is 3.02. The summed E-state index contributed by atoms with van der Waals surface area (Å²) >= 11 is 1.54. The van der Waals surface area contributed by atoms with E-state index in [9.17, 15) is 13.2 Å². The summed E-state index contributed by atoms with van der Waals surface area (Å²) in [4.78, 5) is 12.2. The number of hydrogen-bond donors (Lipinski definition) is 1. The highest BCUT2D eigenvalue weighted by molar-refractivity contribution is 7.99. The van der Waals surface area contributed by atoms with Gasteiger partial charge in [0.15, 0.2) is 0 Å². The first kappa shape index (κ1) is 19.5. The molecule has 0 saturated carbocycles. The molecule has 1 amide bonds. The second-order valence-electron chi connectivity index (χ2n) is 5.78. The Morgan fingerprint density at radius 2 is 1.72 bits per heavy atom. The van der Waals surface area contributed by atoms with Gasteiger partial charge in [-0.25, -0.2) is 12.7 Å². The zero-order valence-corrected chi connectivity index (χ0v) is 16.2. The van der Waals surface area contributed by atoms with Crippen molar-refractivity contribution < 1.29 is 13.2 Å². The van der Waals surface area contributed by atoms with Gasteiger partial charge in [0, 0.05) is 25.5 Å². The van der Waals surface area contributed by atoms with Gasteiger partial charge >= 0.3 is 0 Å². The highest BCUT2D eigenvalue weighted by atomic mass is 32.2. The van der Waals surface area contributed by atoms with Crippen LogP contribution < -0.4 is 5.32 Å². The number of hydrogen-bond acceptors (Lipinski definition) is 4. The largest absolute Gasteiger partial charge is 0.325 e. The van der Waals surface area contributed by atoms with Gasteiger partial charge in [0.25, 0.3) is 0 Å². The van der Waals surface area contributed by atoms with Crippen LogP contribution in [0, 0.1) is 6.92 Å². The summed E-state index contributed by atoms with van der Waals surface area (Å²) in [6.07, 6.45) is 0. The van der Waals surface area contributed by atoms with Gasteiger partial charge in [-0.1, -0.05) is 24.3 Å². The fourth-order valence-corrected chi connectivity index (χ4v) is 3.95. The van der Waals surface area contributed by atoms with Crippen LogP contribution in [-0.4, -0.2) is 38.5 Å².